The van der Waals surface area contributed by atoms with Crippen molar-refractivity contribution in [1.29, 1.82) is 0 Å². The van der Waals surface area contributed by atoms with E-state index in [4.69, 9.17) is 5.73 Å². The van der Waals surface area contributed by atoms with E-state index in [-0.39, 0.29) is 11.8 Å². The Morgan fingerprint density at radius 1 is 1.15 bits per heavy atom. The smallest absolute Gasteiger partial charge is 0.270 e. The molecule has 0 spiro atoms. The summed E-state index contributed by atoms with van der Waals surface area (Å²) in [7, 11) is 0. The zero-order valence-corrected chi connectivity index (χ0v) is 11.7. The van der Waals surface area contributed by atoms with Gasteiger partial charge in [0.2, 0.25) is 5.91 Å². The summed E-state index contributed by atoms with van der Waals surface area (Å²) in [6.07, 6.45) is 4.09. The molecular formula is C14H20N4O2. The minimum absolute atomic E-state index is 0.0248. The Kier molecular flexibility index (Phi) is 3.16. The molecular weight excluding hydrogens is 256 g/mol. The zero-order chi connectivity index (χ0) is 14.3. The average Bonchev–Trinajstić information content (AvgIpc) is 3.21. The maximum Gasteiger partial charge on any atom is 0.270 e. The first-order valence-electron chi connectivity index (χ1n) is 7.08. The molecule has 6 heteroatoms. The fourth-order valence-electron chi connectivity index (χ4n) is 2.71. The van der Waals surface area contributed by atoms with Gasteiger partial charge in [0.25, 0.3) is 5.91 Å². The lowest BCUT2D eigenvalue weighted by Crippen LogP contribution is -2.50. The minimum Gasteiger partial charge on any atom is -0.397 e. The Bertz CT molecular complexity index is 539. The van der Waals surface area contributed by atoms with Crippen LogP contribution in [0.3, 0.4) is 0 Å². The van der Waals surface area contributed by atoms with Crippen LogP contribution in [0.25, 0.3) is 0 Å². The summed E-state index contributed by atoms with van der Waals surface area (Å²) in [4.78, 5) is 27.5. The van der Waals surface area contributed by atoms with Crippen LogP contribution in [0.4, 0.5) is 5.69 Å². The van der Waals surface area contributed by atoms with Crippen molar-refractivity contribution in [3.8, 4) is 0 Å². The second-order valence-electron chi connectivity index (χ2n) is 5.60. The number of hydrogen-bond donors (Lipinski definition) is 1. The molecule has 1 saturated carbocycles. The number of nitrogen functional groups attached to an aromatic ring is 1. The standard InChI is InChI=1S/C14H20N4O2/c1-10(19)16-4-6-17(7-5-16)14(20)13-8-11(15)9-18(13)12-2-3-12/h8-9,12H,2-7,15H2,1H3. The highest BCUT2D eigenvalue weighted by molar-refractivity contribution is 5.94. The van der Waals surface area contributed by atoms with Crippen molar-refractivity contribution in [2.75, 3.05) is 31.9 Å². The summed E-state index contributed by atoms with van der Waals surface area (Å²) in [6.45, 7) is 3.97. The second kappa shape index (κ2) is 4.85. The maximum absolute atomic E-state index is 12.6. The molecule has 20 heavy (non-hydrogen) atoms. The topological polar surface area (TPSA) is 71.6 Å². The highest BCUT2D eigenvalue weighted by Gasteiger charge is 2.30. The Morgan fingerprint density at radius 3 is 2.30 bits per heavy atom. The number of anilines is 1. The van der Waals surface area contributed by atoms with Crippen LogP contribution < -0.4 is 5.73 Å². The average molecular weight is 276 g/mol. The second-order valence-corrected chi connectivity index (χ2v) is 5.60. The molecule has 1 saturated heterocycles. The monoisotopic (exact) mass is 276 g/mol. The van der Waals surface area contributed by atoms with Crippen LogP contribution in [0.1, 0.15) is 36.3 Å². The number of piperazine rings is 1. The number of nitrogens with zero attached hydrogens (tertiary/aromatic N) is 3. The van der Waals surface area contributed by atoms with Gasteiger partial charge in [-0.1, -0.05) is 0 Å². The van der Waals surface area contributed by atoms with E-state index in [0.717, 1.165) is 12.8 Å². The molecule has 0 bridgehead atoms. The van der Waals surface area contributed by atoms with Crippen molar-refractivity contribution in [3.63, 3.8) is 0 Å². The molecule has 2 heterocycles. The van der Waals surface area contributed by atoms with Crippen LogP contribution >= 0.6 is 0 Å². The predicted octanol–water partition coefficient (Wildman–Crippen LogP) is 0.709. The van der Waals surface area contributed by atoms with Crippen molar-refractivity contribution in [1.82, 2.24) is 14.4 Å². The van der Waals surface area contributed by atoms with E-state index in [0.29, 0.717) is 43.6 Å². The summed E-state index contributed by atoms with van der Waals surface area (Å²) < 4.78 is 2.01. The number of nitrogens with two attached hydrogens (primary N) is 1. The van der Waals surface area contributed by atoms with Crippen LogP contribution in [-0.4, -0.2) is 52.4 Å². The van der Waals surface area contributed by atoms with Gasteiger partial charge in [-0.15, -0.1) is 0 Å². The molecule has 1 aromatic heterocycles. The lowest BCUT2D eigenvalue weighted by Gasteiger charge is -2.34. The summed E-state index contributed by atoms with van der Waals surface area (Å²) in [5.41, 5.74) is 7.15. The molecule has 2 N–H and O–H groups in total. The van der Waals surface area contributed by atoms with Crippen LogP contribution in [0.15, 0.2) is 12.3 Å². The number of hydrogen-bond acceptors (Lipinski definition) is 3. The summed E-state index contributed by atoms with van der Waals surface area (Å²) in [5, 5.41) is 0. The van der Waals surface area contributed by atoms with Crippen molar-refractivity contribution in [2.45, 2.75) is 25.8 Å². The lowest BCUT2D eigenvalue weighted by molar-refractivity contribution is -0.130. The summed E-state index contributed by atoms with van der Waals surface area (Å²) in [6, 6.07) is 2.20. The molecule has 2 fully saturated rings. The molecule has 2 aliphatic rings. The Labute approximate surface area is 118 Å². The van der Waals surface area contributed by atoms with E-state index in [1.165, 1.54) is 0 Å². The maximum atomic E-state index is 12.6. The fraction of sp³-hybridized carbons (Fsp3) is 0.571. The Hall–Kier alpha value is -1.98. The van der Waals surface area contributed by atoms with E-state index in [1.54, 1.807) is 17.9 Å². The van der Waals surface area contributed by atoms with Gasteiger partial charge in [0.1, 0.15) is 5.69 Å². The van der Waals surface area contributed by atoms with Gasteiger partial charge in [0.05, 0.1) is 5.69 Å². The third kappa shape index (κ3) is 2.37. The van der Waals surface area contributed by atoms with E-state index >= 15 is 0 Å². The minimum atomic E-state index is 0.0248. The normalized spacial score (nSPS) is 19.2. The molecule has 0 unspecified atom stereocenters. The number of aromatic nitrogens is 1. The molecule has 1 aromatic rings. The van der Waals surface area contributed by atoms with E-state index in [2.05, 4.69) is 0 Å². The van der Waals surface area contributed by atoms with E-state index in [1.807, 2.05) is 15.7 Å². The number of carbonyl (C=O) groups is 2. The first kappa shape index (κ1) is 13.0. The largest absolute Gasteiger partial charge is 0.397 e. The Morgan fingerprint density at radius 2 is 1.75 bits per heavy atom. The van der Waals surface area contributed by atoms with Gasteiger partial charge in [0.15, 0.2) is 0 Å². The first-order valence-corrected chi connectivity index (χ1v) is 7.08. The number of carbonyl (C=O) groups excluding carboxylic acids is 2. The van der Waals surface area contributed by atoms with Crippen molar-refractivity contribution in [2.24, 2.45) is 0 Å². The molecule has 1 aliphatic heterocycles. The molecule has 3 rings (SSSR count). The van der Waals surface area contributed by atoms with Gasteiger partial charge in [0, 0.05) is 45.3 Å². The summed E-state index contributed by atoms with van der Waals surface area (Å²) in [5.74, 6) is 0.0968. The van der Waals surface area contributed by atoms with Gasteiger partial charge < -0.3 is 20.1 Å². The van der Waals surface area contributed by atoms with Gasteiger partial charge in [-0.25, -0.2) is 0 Å². The van der Waals surface area contributed by atoms with Crippen LogP contribution in [0, 0.1) is 0 Å². The van der Waals surface area contributed by atoms with Gasteiger partial charge in [-0.3, -0.25) is 9.59 Å². The molecule has 2 amide bonds. The molecule has 6 nitrogen and oxygen atoms in total. The Balaban J connectivity index is 1.72. The first-order chi connectivity index (χ1) is 9.56. The third-order valence-electron chi connectivity index (χ3n) is 4.04. The van der Waals surface area contributed by atoms with Crippen LogP contribution in [0.5, 0.6) is 0 Å². The molecule has 0 aromatic carbocycles. The molecule has 1 aliphatic carbocycles. The highest BCUT2D eigenvalue weighted by Crippen LogP contribution is 2.37. The molecule has 0 atom stereocenters. The van der Waals surface area contributed by atoms with Crippen molar-refractivity contribution in [3.05, 3.63) is 18.0 Å². The van der Waals surface area contributed by atoms with Crippen LogP contribution in [-0.2, 0) is 4.79 Å². The highest BCUT2D eigenvalue weighted by atomic mass is 16.2. The summed E-state index contributed by atoms with van der Waals surface area (Å²) >= 11 is 0. The molecule has 0 radical (unpaired) electrons. The van der Waals surface area contributed by atoms with Gasteiger partial charge >= 0.3 is 0 Å². The lowest BCUT2D eigenvalue weighted by atomic mass is 10.2. The predicted molar refractivity (Wildman–Crippen MR) is 75.3 cm³/mol. The zero-order valence-electron chi connectivity index (χ0n) is 11.7. The van der Waals surface area contributed by atoms with E-state index in [9.17, 15) is 9.59 Å². The SMILES string of the molecule is CC(=O)N1CCN(C(=O)c2cc(N)cn2C2CC2)CC1. The van der Waals surface area contributed by atoms with Crippen molar-refractivity contribution >= 4 is 17.5 Å². The van der Waals surface area contributed by atoms with Gasteiger partial charge in [-0.05, 0) is 18.9 Å². The third-order valence-corrected chi connectivity index (χ3v) is 4.04. The fourth-order valence-corrected chi connectivity index (χ4v) is 2.71. The van der Waals surface area contributed by atoms with Gasteiger partial charge in [-0.2, -0.15) is 0 Å². The van der Waals surface area contributed by atoms with E-state index < -0.39 is 0 Å². The quantitative estimate of drug-likeness (QED) is 0.864. The number of rotatable bonds is 2. The molecule has 108 valence electrons. The van der Waals surface area contributed by atoms with Crippen molar-refractivity contribution < 1.29 is 9.59 Å². The van der Waals surface area contributed by atoms with Crippen LogP contribution in [0.2, 0.25) is 0 Å². The number of amides is 2.